The lowest BCUT2D eigenvalue weighted by molar-refractivity contribution is -0.182. The molecule has 4 aromatic rings. The summed E-state index contributed by atoms with van der Waals surface area (Å²) in [6, 6.07) is 5.17. The lowest BCUT2D eigenvalue weighted by atomic mass is 9.85. The zero-order valence-corrected chi connectivity index (χ0v) is 25.9. The van der Waals surface area contributed by atoms with Gasteiger partial charge in [0, 0.05) is 12.6 Å². The van der Waals surface area contributed by atoms with Gasteiger partial charge in [-0.3, -0.25) is 9.59 Å². The number of fused-ring (bicyclic) bond motifs is 1. The summed E-state index contributed by atoms with van der Waals surface area (Å²) in [6.07, 6.45) is -12.5. The Morgan fingerprint density at radius 2 is 1.75 bits per heavy atom. The van der Waals surface area contributed by atoms with E-state index < -0.39 is 66.3 Å². The number of carbonyl (C=O) groups is 2. The third-order valence-corrected chi connectivity index (χ3v) is 8.81. The fraction of sp³-hybridized carbons (Fsp3) is 0.379. The smallest absolute Gasteiger partial charge is 0.418 e. The molecule has 1 aliphatic carbocycles. The van der Waals surface area contributed by atoms with Gasteiger partial charge in [-0.25, -0.2) is 8.78 Å². The molecule has 0 spiro atoms. The van der Waals surface area contributed by atoms with E-state index >= 15 is 0 Å². The minimum Gasteiger partial charge on any atom is -0.471 e. The van der Waals surface area contributed by atoms with Gasteiger partial charge in [0.15, 0.2) is 12.3 Å². The van der Waals surface area contributed by atoms with Gasteiger partial charge in [-0.1, -0.05) is 17.7 Å². The van der Waals surface area contributed by atoms with E-state index in [1.807, 2.05) is 0 Å². The van der Waals surface area contributed by atoms with Crippen molar-refractivity contribution in [2.75, 3.05) is 11.9 Å². The van der Waals surface area contributed by atoms with Crippen molar-refractivity contribution in [1.29, 1.82) is 0 Å². The Morgan fingerprint density at radius 3 is 2.38 bits per heavy atom. The molecule has 0 atom stereocenters. The Labute approximate surface area is 275 Å². The number of aromatic amines is 1. The van der Waals surface area contributed by atoms with Crippen LogP contribution in [-0.4, -0.2) is 52.0 Å². The SMILES string of the molecule is O=C(NC1CCC(C(F)(F)F)CC1)c1cc2[nH]c(Nc3cc(CNC(=O)c4sccc4Cl)ccc3C(F)(F)F)nc2nc1OCC(F)F. The molecule has 4 N–H and O–H groups in total. The Hall–Kier alpha value is -4.19. The van der Waals surface area contributed by atoms with Gasteiger partial charge in [-0.05, 0) is 60.9 Å². The highest BCUT2D eigenvalue weighted by molar-refractivity contribution is 7.12. The molecule has 5 rings (SSSR count). The summed E-state index contributed by atoms with van der Waals surface area (Å²) in [5.41, 5.74) is -1.77. The Kier molecular flexibility index (Phi) is 10.3. The number of amides is 2. The number of anilines is 2. The van der Waals surface area contributed by atoms with Crippen LogP contribution in [0.4, 0.5) is 46.8 Å². The lowest BCUT2D eigenvalue weighted by Gasteiger charge is -2.30. The molecule has 0 radical (unpaired) electrons. The number of thiophene rings is 1. The number of benzene rings is 1. The molecule has 2 amide bonds. The highest BCUT2D eigenvalue weighted by atomic mass is 35.5. The van der Waals surface area contributed by atoms with E-state index in [4.69, 9.17) is 16.3 Å². The van der Waals surface area contributed by atoms with E-state index in [0.29, 0.717) is 0 Å². The first-order valence-electron chi connectivity index (χ1n) is 14.3. The second-order valence-electron chi connectivity index (χ2n) is 10.8. The average Bonchev–Trinajstić information content (AvgIpc) is 3.62. The third kappa shape index (κ3) is 8.44. The molecule has 9 nitrogen and oxygen atoms in total. The molecule has 258 valence electrons. The van der Waals surface area contributed by atoms with E-state index in [2.05, 4.69) is 30.9 Å². The molecule has 1 saturated carbocycles. The number of aromatic nitrogens is 3. The standard InChI is InChI=1S/C29H25ClF8N6O3S/c30-18-7-8-48-22(18)25(46)39-11-13-1-6-17(29(36,37)38)19(9-13)41-27-42-20-10-16(26(43-23(20)44-27)47-12-21(31)32)24(45)40-15-4-2-14(3-5-15)28(33,34)35/h1,6-10,14-15,21H,2-5,11-12H2,(H,39,46)(H,40,45)(H2,41,42,43,44). The van der Waals surface area contributed by atoms with E-state index in [1.54, 1.807) is 5.38 Å². The molecule has 1 fully saturated rings. The molecular weight excluding hydrogens is 700 g/mol. The number of ether oxygens (including phenoxy) is 1. The Morgan fingerprint density at radius 1 is 1.02 bits per heavy atom. The first-order chi connectivity index (χ1) is 22.6. The molecule has 0 bridgehead atoms. The first-order valence-corrected chi connectivity index (χ1v) is 15.5. The van der Waals surface area contributed by atoms with Crippen molar-refractivity contribution < 1.29 is 49.4 Å². The number of alkyl halides is 8. The number of carbonyl (C=O) groups excluding carboxylic acids is 2. The lowest BCUT2D eigenvalue weighted by Crippen LogP contribution is -2.40. The topological polar surface area (TPSA) is 121 Å². The van der Waals surface area contributed by atoms with E-state index in [0.717, 1.165) is 29.5 Å². The fourth-order valence-electron chi connectivity index (χ4n) is 5.13. The number of nitrogens with one attached hydrogen (secondary N) is 4. The second-order valence-corrected chi connectivity index (χ2v) is 12.2. The predicted octanol–water partition coefficient (Wildman–Crippen LogP) is 7.86. The van der Waals surface area contributed by atoms with Gasteiger partial charge in [0.05, 0.1) is 27.7 Å². The minimum absolute atomic E-state index is 0.0117. The van der Waals surface area contributed by atoms with Crippen molar-refractivity contribution in [3.8, 4) is 5.88 Å². The van der Waals surface area contributed by atoms with Crippen LogP contribution in [0.3, 0.4) is 0 Å². The van der Waals surface area contributed by atoms with Crippen molar-refractivity contribution in [2.45, 2.75) is 57.0 Å². The number of rotatable bonds is 10. The minimum atomic E-state index is -4.81. The Bertz CT molecular complexity index is 1790. The van der Waals surface area contributed by atoms with Crippen LogP contribution in [0.25, 0.3) is 11.2 Å². The van der Waals surface area contributed by atoms with E-state index in [-0.39, 0.29) is 70.4 Å². The van der Waals surface area contributed by atoms with Crippen molar-refractivity contribution >= 4 is 57.6 Å². The van der Waals surface area contributed by atoms with Crippen LogP contribution in [-0.2, 0) is 12.7 Å². The van der Waals surface area contributed by atoms with E-state index in [1.165, 1.54) is 12.1 Å². The summed E-state index contributed by atoms with van der Waals surface area (Å²) >= 11 is 7.06. The molecule has 0 aliphatic heterocycles. The second kappa shape index (κ2) is 14.1. The largest absolute Gasteiger partial charge is 0.471 e. The summed E-state index contributed by atoms with van der Waals surface area (Å²) < 4.78 is 112. The van der Waals surface area contributed by atoms with Crippen molar-refractivity contribution in [3.63, 3.8) is 0 Å². The molecule has 48 heavy (non-hydrogen) atoms. The molecule has 3 heterocycles. The van der Waals surface area contributed by atoms with Gasteiger partial charge in [0.25, 0.3) is 18.2 Å². The molecule has 3 aromatic heterocycles. The fourth-order valence-corrected chi connectivity index (χ4v) is 6.18. The summed E-state index contributed by atoms with van der Waals surface area (Å²) in [5, 5.41) is 9.52. The van der Waals surface area contributed by atoms with Crippen molar-refractivity contribution in [3.05, 3.63) is 62.3 Å². The highest BCUT2D eigenvalue weighted by Gasteiger charge is 2.41. The summed E-state index contributed by atoms with van der Waals surface area (Å²) in [4.78, 5) is 36.6. The molecule has 1 aromatic carbocycles. The summed E-state index contributed by atoms with van der Waals surface area (Å²) in [7, 11) is 0. The Balaban J connectivity index is 1.38. The normalized spacial score (nSPS) is 17.0. The zero-order chi connectivity index (χ0) is 34.8. The van der Waals surface area contributed by atoms with Crippen LogP contribution in [0, 0.1) is 5.92 Å². The van der Waals surface area contributed by atoms with Crippen molar-refractivity contribution in [2.24, 2.45) is 5.92 Å². The molecular formula is C29H25ClF8N6O3S. The van der Waals surface area contributed by atoms with Gasteiger partial charge in [0.1, 0.15) is 10.4 Å². The number of H-pyrrole nitrogens is 1. The number of pyridine rings is 1. The molecule has 19 heteroatoms. The maximum atomic E-state index is 13.9. The monoisotopic (exact) mass is 724 g/mol. The third-order valence-electron chi connectivity index (χ3n) is 7.47. The van der Waals surface area contributed by atoms with Crippen LogP contribution in [0.1, 0.15) is 56.8 Å². The zero-order valence-electron chi connectivity index (χ0n) is 24.4. The number of halogens is 9. The van der Waals surface area contributed by atoms with Crippen LogP contribution >= 0.6 is 22.9 Å². The van der Waals surface area contributed by atoms with Crippen LogP contribution in [0.5, 0.6) is 5.88 Å². The number of nitrogens with zero attached hydrogens (tertiary/aromatic N) is 2. The van der Waals surface area contributed by atoms with Gasteiger partial charge in [0.2, 0.25) is 11.8 Å². The highest BCUT2D eigenvalue weighted by Crippen LogP contribution is 2.38. The number of hydrogen-bond donors (Lipinski definition) is 4. The first kappa shape index (κ1) is 35.1. The van der Waals surface area contributed by atoms with Crippen molar-refractivity contribution in [1.82, 2.24) is 25.6 Å². The average molecular weight is 725 g/mol. The number of imidazole rings is 1. The van der Waals surface area contributed by atoms with E-state index in [9.17, 15) is 44.7 Å². The summed E-state index contributed by atoms with van der Waals surface area (Å²) in [5.74, 6) is -3.69. The maximum absolute atomic E-state index is 13.9. The van der Waals surface area contributed by atoms with Crippen LogP contribution in [0.2, 0.25) is 5.02 Å². The molecule has 0 unspecified atom stereocenters. The quantitative estimate of drug-likeness (QED) is 0.124. The summed E-state index contributed by atoms with van der Waals surface area (Å²) in [6.45, 7) is -1.30. The van der Waals surface area contributed by atoms with Gasteiger partial charge >= 0.3 is 12.4 Å². The van der Waals surface area contributed by atoms with Gasteiger partial charge in [-0.15, -0.1) is 11.3 Å². The van der Waals surface area contributed by atoms with Gasteiger partial charge in [-0.2, -0.15) is 36.3 Å². The van der Waals surface area contributed by atoms with Crippen LogP contribution in [0.15, 0.2) is 35.7 Å². The van der Waals surface area contributed by atoms with Crippen LogP contribution < -0.4 is 20.7 Å². The maximum Gasteiger partial charge on any atom is 0.418 e. The number of hydrogen-bond acceptors (Lipinski definition) is 7. The predicted molar refractivity (Wildman–Crippen MR) is 160 cm³/mol. The van der Waals surface area contributed by atoms with Gasteiger partial charge < -0.3 is 25.7 Å². The molecule has 1 aliphatic rings. The molecule has 0 saturated heterocycles.